The average molecular weight is 296 g/mol. The number of rotatable bonds is 4. The van der Waals surface area contributed by atoms with E-state index in [9.17, 15) is 5.11 Å². The Hall–Kier alpha value is -1.14. The third-order valence-corrected chi connectivity index (χ3v) is 4.07. The summed E-state index contributed by atoms with van der Waals surface area (Å²) in [5, 5.41) is 18.8. The van der Waals surface area contributed by atoms with Crippen LogP contribution in [0.3, 0.4) is 0 Å². The molecule has 2 heterocycles. The highest BCUT2D eigenvalue weighted by atomic mass is 35.5. The van der Waals surface area contributed by atoms with Crippen LogP contribution in [0, 0.1) is 0 Å². The molecule has 2 aromatic rings. The number of hydrogen-bond donors (Lipinski definition) is 2. The zero-order chi connectivity index (χ0) is 13.9. The van der Waals surface area contributed by atoms with Crippen LogP contribution in [0.4, 0.5) is 0 Å². The van der Waals surface area contributed by atoms with E-state index in [1.54, 1.807) is 6.20 Å². The van der Waals surface area contributed by atoms with Crippen molar-refractivity contribution in [2.45, 2.75) is 12.5 Å². The number of halogens is 1. The summed E-state index contributed by atoms with van der Waals surface area (Å²) < 4.78 is 5.31. The SMILES string of the molecule is OC(CCN1CCOCC1)c1cc2cn[nH]c2cc1Cl. The van der Waals surface area contributed by atoms with Gasteiger partial charge < -0.3 is 9.84 Å². The summed E-state index contributed by atoms with van der Waals surface area (Å²) in [5.74, 6) is 0. The van der Waals surface area contributed by atoms with Gasteiger partial charge in [-0.2, -0.15) is 5.10 Å². The second kappa shape index (κ2) is 6.10. The maximum atomic E-state index is 10.4. The van der Waals surface area contributed by atoms with Crippen molar-refractivity contribution in [3.63, 3.8) is 0 Å². The highest BCUT2D eigenvalue weighted by molar-refractivity contribution is 6.32. The van der Waals surface area contributed by atoms with E-state index in [1.807, 2.05) is 12.1 Å². The lowest BCUT2D eigenvalue weighted by Gasteiger charge is -2.27. The van der Waals surface area contributed by atoms with E-state index in [4.69, 9.17) is 16.3 Å². The summed E-state index contributed by atoms with van der Waals surface area (Å²) in [6.45, 7) is 4.27. The maximum Gasteiger partial charge on any atom is 0.0816 e. The lowest BCUT2D eigenvalue weighted by Crippen LogP contribution is -2.37. The van der Waals surface area contributed by atoms with Crippen LogP contribution in [-0.4, -0.2) is 53.1 Å². The Labute approximate surface area is 122 Å². The van der Waals surface area contributed by atoms with Gasteiger partial charge in [-0.15, -0.1) is 0 Å². The molecular weight excluding hydrogens is 278 g/mol. The van der Waals surface area contributed by atoms with Gasteiger partial charge in [0.15, 0.2) is 0 Å². The van der Waals surface area contributed by atoms with Crippen molar-refractivity contribution in [3.8, 4) is 0 Å². The van der Waals surface area contributed by atoms with Crippen LogP contribution in [-0.2, 0) is 4.74 Å². The molecule has 6 heteroatoms. The lowest BCUT2D eigenvalue weighted by atomic mass is 10.0. The fourth-order valence-corrected chi connectivity index (χ4v) is 2.81. The number of nitrogens with one attached hydrogen (secondary N) is 1. The molecule has 0 aliphatic carbocycles. The van der Waals surface area contributed by atoms with Crippen LogP contribution in [0.15, 0.2) is 18.3 Å². The number of aromatic amines is 1. The molecule has 1 atom stereocenters. The van der Waals surface area contributed by atoms with Gasteiger partial charge in [-0.25, -0.2) is 0 Å². The average Bonchev–Trinajstić information content (AvgIpc) is 2.92. The molecule has 1 unspecified atom stereocenters. The summed E-state index contributed by atoms with van der Waals surface area (Å²) in [6.07, 6.45) is 1.86. The first kappa shape index (κ1) is 13.8. The summed E-state index contributed by atoms with van der Waals surface area (Å²) >= 11 is 6.24. The second-order valence-corrected chi connectivity index (χ2v) is 5.50. The van der Waals surface area contributed by atoms with Gasteiger partial charge in [0.1, 0.15) is 0 Å². The molecule has 1 saturated heterocycles. The Morgan fingerprint density at radius 2 is 2.20 bits per heavy atom. The first-order valence-electron chi connectivity index (χ1n) is 6.85. The van der Waals surface area contributed by atoms with Gasteiger partial charge in [-0.3, -0.25) is 10.00 Å². The molecule has 0 radical (unpaired) electrons. The van der Waals surface area contributed by atoms with Gasteiger partial charge in [0, 0.05) is 30.0 Å². The Bertz CT molecular complexity index is 581. The second-order valence-electron chi connectivity index (χ2n) is 5.09. The zero-order valence-electron chi connectivity index (χ0n) is 11.2. The number of fused-ring (bicyclic) bond motifs is 1. The van der Waals surface area contributed by atoms with Gasteiger partial charge in [-0.1, -0.05) is 11.6 Å². The van der Waals surface area contributed by atoms with E-state index in [2.05, 4.69) is 15.1 Å². The molecule has 1 aromatic carbocycles. The molecule has 0 bridgehead atoms. The van der Waals surface area contributed by atoms with Gasteiger partial charge in [0.2, 0.25) is 0 Å². The van der Waals surface area contributed by atoms with Crippen molar-refractivity contribution in [3.05, 3.63) is 28.9 Å². The molecule has 2 N–H and O–H groups in total. The molecule has 20 heavy (non-hydrogen) atoms. The zero-order valence-corrected chi connectivity index (χ0v) is 11.9. The van der Waals surface area contributed by atoms with Crippen LogP contribution in [0.25, 0.3) is 10.9 Å². The van der Waals surface area contributed by atoms with E-state index < -0.39 is 6.10 Å². The van der Waals surface area contributed by atoms with E-state index in [-0.39, 0.29) is 0 Å². The van der Waals surface area contributed by atoms with Gasteiger partial charge in [0.05, 0.1) is 31.0 Å². The number of aliphatic hydroxyl groups is 1. The monoisotopic (exact) mass is 295 g/mol. The van der Waals surface area contributed by atoms with Crippen molar-refractivity contribution >= 4 is 22.5 Å². The number of hydrogen-bond acceptors (Lipinski definition) is 4. The fraction of sp³-hybridized carbons (Fsp3) is 0.500. The minimum absolute atomic E-state index is 0.551. The molecular formula is C14H18ClN3O2. The summed E-state index contributed by atoms with van der Waals surface area (Å²) in [7, 11) is 0. The fourth-order valence-electron chi connectivity index (χ4n) is 2.52. The molecule has 108 valence electrons. The first-order chi connectivity index (χ1) is 9.74. The highest BCUT2D eigenvalue weighted by Crippen LogP contribution is 2.29. The third-order valence-electron chi connectivity index (χ3n) is 3.74. The maximum absolute atomic E-state index is 10.4. The van der Waals surface area contributed by atoms with Gasteiger partial charge >= 0.3 is 0 Å². The molecule has 3 rings (SSSR count). The van der Waals surface area contributed by atoms with E-state index in [0.717, 1.165) is 49.3 Å². The number of aromatic nitrogens is 2. The number of benzene rings is 1. The Kier molecular flexibility index (Phi) is 4.21. The van der Waals surface area contributed by atoms with Gasteiger partial charge in [-0.05, 0) is 24.1 Å². The number of ether oxygens (including phenoxy) is 1. The lowest BCUT2D eigenvalue weighted by molar-refractivity contribution is 0.0300. The molecule has 1 aromatic heterocycles. The van der Waals surface area contributed by atoms with Crippen LogP contribution in [0.2, 0.25) is 5.02 Å². The van der Waals surface area contributed by atoms with Crippen LogP contribution in [0.5, 0.6) is 0 Å². The van der Waals surface area contributed by atoms with Crippen LogP contribution < -0.4 is 0 Å². The molecule has 0 saturated carbocycles. The smallest absolute Gasteiger partial charge is 0.0816 e. The van der Waals surface area contributed by atoms with Crippen LogP contribution >= 0.6 is 11.6 Å². The summed E-state index contributed by atoms with van der Waals surface area (Å²) in [5.41, 5.74) is 1.66. The van der Waals surface area contributed by atoms with Crippen molar-refractivity contribution in [1.82, 2.24) is 15.1 Å². The van der Waals surface area contributed by atoms with Crippen molar-refractivity contribution < 1.29 is 9.84 Å². The summed E-state index contributed by atoms with van der Waals surface area (Å²) in [6, 6.07) is 3.72. The van der Waals surface area contributed by atoms with E-state index in [1.165, 1.54) is 0 Å². The Morgan fingerprint density at radius 3 is 3.00 bits per heavy atom. The molecule has 0 spiro atoms. The number of morpholine rings is 1. The molecule has 1 aliphatic rings. The van der Waals surface area contributed by atoms with E-state index in [0.29, 0.717) is 11.4 Å². The highest BCUT2D eigenvalue weighted by Gasteiger charge is 2.16. The molecule has 1 aliphatic heterocycles. The predicted molar refractivity (Wildman–Crippen MR) is 77.9 cm³/mol. The Balaban J connectivity index is 1.67. The molecule has 5 nitrogen and oxygen atoms in total. The summed E-state index contributed by atoms with van der Waals surface area (Å²) in [4.78, 5) is 2.30. The topological polar surface area (TPSA) is 61.4 Å². The normalized spacial score (nSPS) is 18.5. The quantitative estimate of drug-likeness (QED) is 0.905. The van der Waals surface area contributed by atoms with Crippen molar-refractivity contribution in [1.29, 1.82) is 0 Å². The minimum atomic E-state index is -0.551. The molecule has 1 fully saturated rings. The van der Waals surface area contributed by atoms with Crippen molar-refractivity contribution in [2.24, 2.45) is 0 Å². The largest absolute Gasteiger partial charge is 0.388 e. The van der Waals surface area contributed by atoms with Crippen LogP contribution in [0.1, 0.15) is 18.1 Å². The number of aliphatic hydroxyl groups excluding tert-OH is 1. The van der Waals surface area contributed by atoms with E-state index >= 15 is 0 Å². The Morgan fingerprint density at radius 1 is 1.40 bits per heavy atom. The third kappa shape index (κ3) is 2.96. The molecule has 0 amide bonds. The number of nitrogens with zero attached hydrogens (tertiary/aromatic N) is 2. The predicted octanol–water partition coefficient (Wildman–Crippen LogP) is 1.97. The first-order valence-corrected chi connectivity index (χ1v) is 7.22. The van der Waals surface area contributed by atoms with Crippen molar-refractivity contribution in [2.75, 3.05) is 32.8 Å². The minimum Gasteiger partial charge on any atom is -0.388 e. The standard InChI is InChI=1S/C14H18ClN3O2/c15-12-8-13-10(9-16-17-13)7-11(12)14(19)1-2-18-3-5-20-6-4-18/h7-9,14,19H,1-6H2,(H,16,17). The van der Waals surface area contributed by atoms with Gasteiger partial charge in [0.25, 0.3) is 0 Å². The number of H-pyrrole nitrogens is 1.